The molecule has 1 aromatic heterocycles. The summed E-state index contributed by atoms with van der Waals surface area (Å²) >= 11 is 1.66. The number of phenols is 1. The molecule has 21 heavy (non-hydrogen) atoms. The Morgan fingerprint density at radius 2 is 2.00 bits per heavy atom. The van der Waals surface area contributed by atoms with Crippen molar-refractivity contribution in [1.82, 2.24) is 4.57 Å². The van der Waals surface area contributed by atoms with Gasteiger partial charge >= 0.3 is 5.16 Å². The van der Waals surface area contributed by atoms with Crippen LogP contribution in [0.25, 0.3) is 0 Å². The average Bonchev–Trinajstić information content (AvgIpc) is 2.65. The first-order valence-corrected chi connectivity index (χ1v) is 7.88. The Hall–Kier alpha value is -1.75. The van der Waals surface area contributed by atoms with Crippen LogP contribution in [0.5, 0.6) is 5.75 Å². The Morgan fingerprint density at radius 3 is 2.57 bits per heavy atom. The number of rotatable bonds is 5. The summed E-state index contributed by atoms with van der Waals surface area (Å²) in [6.45, 7) is 4.18. The molecule has 0 amide bonds. The van der Waals surface area contributed by atoms with Crippen molar-refractivity contribution in [2.24, 2.45) is 14.1 Å². The quantitative estimate of drug-likeness (QED) is 0.524. The topological polar surface area (TPSA) is 46.1 Å². The zero-order valence-electron chi connectivity index (χ0n) is 12.9. The van der Waals surface area contributed by atoms with Crippen molar-refractivity contribution in [2.45, 2.75) is 25.4 Å². The first kappa shape index (κ1) is 15.6. The second-order valence-electron chi connectivity index (χ2n) is 5.11. The first-order valence-electron chi connectivity index (χ1n) is 6.89. The van der Waals surface area contributed by atoms with Crippen LogP contribution >= 0.6 is 11.8 Å². The van der Waals surface area contributed by atoms with E-state index in [-0.39, 0.29) is 11.5 Å². The molecule has 4 nitrogen and oxygen atoms in total. The summed E-state index contributed by atoms with van der Waals surface area (Å²) in [4.78, 5) is 12.1. The van der Waals surface area contributed by atoms with Gasteiger partial charge in [-0.3, -0.25) is 4.79 Å². The van der Waals surface area contributed by atoms with Gasteiger partial charge in [0, 0.05) is 26.0 Å². The van der Waals surface area contributed by atoms with Gasteiger partial charge in [-0.25, -0.2) is 9.13 Å². The number of aromatic nitrogens is 2. The smallest absolute Gasteiger partial charge is 0.317 e. The Morgan fingerprint density at radius 1 is 1.33 bits per heavy atom. The maximum absolute atomic E-state index is 12.1. The molecule has 0 fully saturated rings. The minimum Gasteiger partial charge on any atom is -0.507 e. The fourth-order valence-corrected chi connectivity index (χ4v) is 3.40. The molecule has 1 aromatic carbocycles. The predicted octanol–water partition coefficient (Wildman–Crippen LogP) is 2.54. The third kappa shape index (κ3) is 3.13. The molecular formula is C16H21N2O2S+. The van der Waals surface area contributed by atoms with Crippen LogP contribution in [-0.2, 0) is 14.1 Å². The van der Waals surface area contributed by atoms with E-state index in [0.717, 1.165) is 5.16 Å². The molecule has 1 N–H and O–H groups in total. The lowest BCUT2D eigenvalue weighted by molar-refractivity contribution is -0.715. The van der Waals surface area contributed by atoms with Crippen LogP contribution in [0.4, 0.5) is 0 Å². The van der Waals surface area contributed by atoms with E-state index >= 15 is 0 Å². The molecule has 0 radical (unpaired) electrons. The number of thioether (sulfide) groups is 1. The lowest BCUT2D eigenvalue weighted by Crippen LogP contribution is -2.32. The van der Waals surface area contributed by atoms with Crippen LogP contribution in [0.3, 0.4) is 0 Å². The van der Waals surface area contributed by atoms with Crippen LogP contribution in [0, 0.1) is 13.8 Å². The van der Waals surface area contributed by atoms with Gasteiger partial charge in [-0.15, -0.1) is 0 Å². The van der Waals surface area contributed by atoms with E-state index in [1.54, 1.807) is 36.0 Å². The van der Waals surface area contributed by atoms with Crippen molar-refractivity contribution in [1.29, 1.82) is 0 Å². The lowest BCUT2D eigenvalue weighted by Gasteiger charge is -2.03. The molecule has 5 heteroatoms. The van der Waals surface area contributed by atoms with E-state index in [9.17, 15) is 9.90 Å². The highest BCUT2D eigenvalue weighted by atomic mass is 32.2. The highest BCUT2D eigenvalue weighted by Crippen LogP contribution is 2.21. The van der Waals surface area contributed by atoms with E-state index in [1.807, 2.05) is 14.1 Å². The van der Waals surface area contributed by atoms with Gasteiger partial charge in [0.25, 0.3) is 0 Å². The Kier molecular flexibility index (Phi) is 4.73. The predicted molar refractivity (Wildman–Crippen MR) is 83.8 cm³/mol. The second kappa shape index (κ2) is 6.35. The van der Waals surface area contributed by atoms with Gasteiger partial charge in [0.1, 0.15) is 17.1 Å². The van der Waals surface area contributed by atoms with E-state index in [1.165, 1.54) is 11.4 Å². The average molecular weight is 305 g/mol. The SMILES string of the molecule is Cc1c(C)[n+](C)c(SCCC(=O)c2ccccc2O)n1C. The number of Topliss-reactive ketones (excluding diaryl/α,β-unsaturated/α-hetero) is 1. The Labute approximate surface area is 129 Å². The lowest BCUT2D eigenvalue weighted by atomic mass is 10.1. The van der Waals surface area contributed by atoms with Crippen LogP contribution < -0.4 is 4.57 Å². The van der Waals surface area contributed by atoms with E-state index < -0.39 is 0 Å². The van der Waals surface area contributed by atoms with Crippen LogP contribution in [0.2, 0.25) is 0 Å². The van der Waals surface area contributed by atoms with E-state index in [2.05, 4.69) is 23.0 Å². The second-order valence-corrected chi connectivity index (χ2v) is 6.17. The number of hydrogen-bond donors (Lipinski definition) is 1. The largest absolute Gasteiger partial charge is 0.507 e. The van der Waals surface area contributed by atoms with Crippen LogP contribution in [0.15, 0.2) is 29.4 Å². The summed E-state index contributed by atoms with van der Waals surface area (Å²) in [5.74, 6) is 0.729. The molecule has 0 unspecified atom stereocenters. The van der Waals surface area contributed by atoms with Crippen molar-refractivity contribution < 1.29 is 14.5 Å². The minimum atomic E-state index is -0.0223. The number of carbonyl (C=O) groups excluding carboxylic acids is 1. The van der Waals surface area contributed by atoms with E-state index in [0.29, 0.717) is 17.7 Å². The van der Waals surface area contributed by atoms with Gasteiger partial charge in [0.15, 0.2) is 5.78 Å². The summed E-state index contributed by atoms with van der Waals surface area (Å²) in [6.07, 6.45) is 0.408. The van der Waals surface area contributed by atoms with Gasteiger partial charge in [0.05, 0.1) is 19.7 Å². The molecule has 0 atom stereocenters. The molecule has 0 aliphatic carbocycles. The molecule has 0 saturated heterocycles. The normalized spacial score (nSPS) is 10.9. The number of para-hydroxylation sites is 1. The summed E-state index contributed by atoms with van der Waals surface area (Å²) in [5, 5.41) is 10.8. The fraction of sp³-hybridized carbons (Fsp3) is 0.375. The summed E-state index contributed by atoms with van der Waals surface area (Å²) in [7, 11) is 4.07. The van der Waals surface area contributed by atoms with Crippen LogP contribution in [0.1, 0.15) is 28.2 Å². The molecule has 0 aliphatic heterocycles. The summed E-state index contributed by atoms with van der Waals surface area (Å²) in [6, 6.07) is 6.70. The molecule has 1 heterocycles. The fourth-order valence-electron chi connectivity index (χ4n) is 2.27. The van der Waals surface area contributed by atoms with Gasteiger partial charge in [-0.2, -0.15) is 0 Å². The number of aromatic hydroxyl groups is 1. The number of carbonyl (C=O) groups is 1. The van der Waals surface area contributed by atoms with Crippen molar-refractivity contribution in [3.05, 3.63) is 41.2 Å². The standard InChI is InChI=1S/C16H20N2O2S/c1-11-12(2)18(4)16(17(11)3)21-10-9-15(20)13-7-5-6-8-14(13)19/h5-8H,9-10H2,1-4H3/p+1. The molecule has 0 bridgehead atoms. The monoisotopic (exact) mass is 305 g/mol. The highest BCUT2D eigenvalue weighted by Gasteiger charge is 2.21. The molecular weight excluding hydrogens is 284 g/mol. The number of hydrogen-bond acceptors (Lipinski definition) is 3. The molecule has 2 rings (SSSR count). The van der Waals surface area contributed by atoms with E-state index in [4.69, 9.17) is 0 Å². The Bertz CT molecular complexity index is 652. The third-order valence-electron chi connectivity index (χ3n) is 3.87. The summed E-state index contributed by atoms with van der Waals surface area (Å²) in [5.41, 5.74) is 2.86. The maximum Gasteiger partial charge on any atom is 0.317 e. The first-order chi connectivity index (χ1) is 9.93. The van der Waals surface area contributed by atoms with Gasteiger partial charge in [0.2, 0.25) is 0 Å². The van der Waals surface area contributed by atoms with Crippen molar-refractivity contribution >= 4 is 17.5 Å². The highest BCUT2D eigenvalue weighted by molar-refractivity contribution is 7.99. The maximum atomic E-state index is 12.1. The molecule has 112 valence electrons. The van der Waals surface area contributed by atoms with Crippen molar-refractivity contribution in [2.75, 3.05) is 5.75 Å². The van der Waals surface area contributed by atoms with Gasteiger partial charge in [-0.1, -0.05) is 12.1 Å². The minimum absolute atomic E-state index is 0.0223. The van der Waals surface area contributed by atoms with Crippen molar-refractivity contribution in [3.8, 4) is 5.75 Å². The molecule has 0 aliphatic rings. The Balaban J connectivity index is 2.01. The van der Waals surface area contributed by atoms with Gasteiger partial charge in [-0.05, 0) is 23.9 Å². The zero-order valence-corrected chi connectivity index (χ0v) is 13.7. The third-order valence-corrected chi connectivity index (χ3v) is 5.08. The number of phenolic OH excluding ortho intramolecular Hbond substituents is 1. The zero-order chi connectivity index (χ0) is 15.6. The number of imidazole rings is 1. The molecule has 0 saturated carbocycles. The molecule has 0 spiro atoms. The number of ketones is 1. The van der Waals surface area contributed by atoms with Gasteiger partial charge < -0.3 is 5.11 Å². The number of nitrogens with zero attached hydrogens (tertiary/aromatic N) is 2. The van der Waals surface area contributed by atoms with Crippen LogP contribution in [-0.4, -0.2) is 21.2 Å². The number of benzene rings is 1. The van der Waals surface area contributed by atoms with Crippen molar-refractivity contribution in [3.63, 3.8) is 0 Å². The summed E-state index contributed by atoms with van der Waals surface area (Å²) < 4.78 is 4.29. The molecule has 2 aromatic rings.